The minimum absolute atomic E-state index is 0.315. The van der Waals surface area contributed by atoms with Gasteiger partial charge in [0.1, 0.15) is 12.3 Å². The molecule has 0 N–H and O–H groups in total. The number of hydrogen-bond acceptors (Lipinski definition) is 4. The summed E-state index contributed by atoms with van der Waals surface area (Å²) in [7, 11) is 4.30. The van der Waals surface area contributed by atoms with E-state index in [0.717, 1.165) is 0 Å². The lowest BCUT2D eigenvalue weighted by Crippen LogP contribution is -2.53. The Bertz CT molecular complexity index is 557. The van der Waals surface area contributed by atoms with E-state index in [1.807, 2.05) is 6.08 Å². The maximum Gasteiger partial charge on any atom is 0.111 e. The molecule has 112 valence electrons. The first kappa shape index (κ1) is 13.9. The lowest BCUT2D eigenvalue weighted by Gasteiger charge is -2.45. The average Bonchev–Trinajstić information content (AvgIpc) is 3.00. The van der Waals surface area contributed by atoms with Crippen molar-refractivity contribution in [3.05, 3.63) is 61.0 Å². The fourth-order valence-corrected chi connectivity index (χ4v) is 3.68. The largest absolute Gasteiger partial charge is 0.358 e. The van der Waals surface area contributed by atoms with Crippen LogP contribution in [0.3, 0.4) is 0 Å². The SMILES string of the molecule is C=C/C=C1\C=C(/C)N2C=CN(C)C2C(C)C2N(C)C=CN12. The molecule has 3 rings (SSSR count). The second-order valence-corrected chi connectivity index (χ2v) is 6.04. The molecule has 4 nitrogen and oxygen atoms in total. The Labute approximate surface area is 127 Å². The van der Waals surface area contributed by atoms with E-state index in [1.165, 1.54) is 11.4 Å². The van der Waals surface area contributed by atoms with E-state index in [1.54, 1.807) is 0 Å². The lowest BCUT2D eigenvalue weighted by molar-refractivity contribution is 0.0446. The molecule has 4 heteroatoms. The Morgan fingerprint density at radius 1 is 1.00 bits per heavy atom. The van der Waals surface area contributed by atoms with Gasteiger partial charge in [0.05, 0.1) is 0 Å². The summed E-state index contributed by atoms with van der Waals surface area (Å²) in [5.74, 6) is 0.446. The molecule has 0 aromatic carbocycles. The molecule has 0 fully saturated rings. The Morgan fingerprint density at radius 2 is 1.57 bits per heavy atom. The van der Waals surface area contributed by atoms with E-state index in [2.05, 4.69) is 91.1 Å². The first-order chi connectivity index (χ1) is 10.0. The van der Waals surface area contributed by atoms with Crippen LogP contribution in [-0.4, -0.2) is 46.0 Å². The van der Waals surface area contributed by atoms with Crippen LogP contribution in [0.15, 0.2) is 61.0 Å². The predicted molar refractivity (Wildman–Crippen MR) is 86.3 cm³/mol. The van der Waals surface area contributed by atoms with Crippen LogP contribution < -0.4 is 0 Å². The summed E-state index contributed by atoms with van der Waals surface area (Å²) in [6, 6.07) is 0. The third-order valence-electron chi connectivity index (χ3n) is 4.62. The van der Waals surface area contributed by atoms with Gasteiger partial charge in [-0.05, 0) is 19.1 Å². The molecule has 0 saturated heterocycles. The van der Waals surface area contributed by atoms with Gasteiger partial charge in [-0.2, -0.15) is 0 Å². The molecule has 3 aliphatic rings. The van der Waals surface area contributed by atoms with Crippen LogP contribution in [0, 0.1) is 5.92 Å². The summed E-state index contributed by atoms with van der Waals surface area (Å²) < 4.78 is 0. The molecule has 0 radical (unpaired) electrons. The van der Waals surface area contributed by atoms with Gasteiger partial charge >= 0.3 is 0 Å². The lowest BCUT2D eigenvalue weighted by atomic mass is 9.99. The van der Waals surface area contributed by atoms with Gasteiger partial charge in [0.2, 0.25) is 0 Å². The van der Waals surface area contributed by atoms with Crippen molar-refractivity contribution in [2.24, 2.45) is 5.92 Å². The van der Waals surface area contributed by atoms with E-state index in [4.69, 9.17) is 0 Å². The van der Waals surface area contributed by atoms with E-state index < -0.39 is 0 Å². The second-order valence-electron chi connectivity index (χ2n) is 6.04. The molecule has 3 atom stereocenters. The van der Waals surface area contributed by atoms with E-state index >= 15 is 0 Å². The monoisotopic (exact) mass is 284 g/mol. The van der Waals surface area contributed by atoms with Crippen LogP contribution >= 0.6 is 0 Å². The molecular weight excluding hydrogens is 260 g/mol. The van der Waals surface area contributed by atoms with E-state index in [-0.39, 0.29) is 0 Å². The van der Waals surface area contributed by atoms with Gasteiger partial charge in [-0.25, -0.2) is 0 Å². The molecule has 3 unspecified atom stereocenters. The standard InChI is InChI=1S/C17H24N4/c1-6-7-15-12-13(2)20-10-8-18(4)16(20)14(3)17-19(5)9-11-21(15)17/h6-12,14,16-17H,1H2,2-5H3/b13-12+,15-7+. The Morgan fingerprint density at radius 3 is 2.19 bits per heavy atom. The molecule has 0 spiro atoms. The number of hydrogen-bond donors (Lipinski definition) is 0. The highest BCUT2D eigenvalue weighted by molar-refractivity contribution is 5.31. The Kier molecular flexibility index (Phi) is 3.32. The summed E-state index contributed by atoms with van der Waals surface area (Å²) in [6.45, 7) is 8.36. The van der Waals surface area contributed by atoms with Gasteiger partial charge in [0, 0.05) is 56.2 Å². The first-order valence-electron chi connectivity index (χ1n) is 7.43. The van der Waals surface area contributed by atoms with Gasteiger partial charge < -0.3 is 19.6 Å². The number of fused-ring (bicyclic) bond motifs is 2. The van der Waals surface area contributed by atoms with Gasteiger partial charge in [0.15, 0.2) is 0 Å². The topological polar surface area (TPSA) is 13.0 Å². The second kappa shape index (κ2) is 5.02. The molecule has 0 bridgehead atoms. The fourth-order valence-electron chi connectivity index (χ4n) is 3.68. The predicted octanol–water partition coefficient (Wildman–Crippen LogP) is 2.70. The summed E-state index contributed by atoms with van der Waals surface area (Å²) in [5, 5.41) is 0. The van der Waals surface area contributed by atoms with Gasteiger partial charge in [0.25, 0.3) is 0 Å². The summed E-state index contributed by atoms with van der Waals surface area (Å²) in [5.41, 5.74) is 2.43. The molecular formula is C17H24N4. The molecule has 0 amide bonds. The van der Waals surface area contributed by atoms with Crippen molar-refractivity contribution in [3.8, 4) is 0 Å². The van der Waals surface area contributed by atoms with Crippen molar-refractivity contribution < 1.29 is 0 Å². The van der Waals surface area contributed by atoms with Crippen LogP contribution in [0.1, 0.15) is 13.8 Å². The van der Waals surface area contributed by atoms with Crippen molar-refractivity contribution in [3.63, 3.8) is 0 Å². The fraction of sp³-hybridized carbons (Fsp3) is 0.412. The number of allylic oxidation sites excluding steroid dienone is 4. The molecule has 0 aliphatic carbocycles. The van der Waals surface area contributed by atoms with Gasteiger partial charge in [-0.3, -0.25) is 0 Å². The summed E-state index contributed by atoms with van der Waals surface area (Å²) in [6.07, 6.45) is 15.5. The Hall–Kier alpha value is -2.10. The highest BCUT2D eigenvalue weighted by Crippen LogP contribution is 2.36. The van der Waals surface area contributed by atoms with Crippen LogP contribution in [0.5, 0.6) is 0 Å². The quantitative estimate of drug-likeness (QED) is 0.734. The molecule has 3 heterocycles. The zero-order valence-corrected chi connectivity index (χ0v) is 13.3. The van der Waals surface area contributed by atoms with Gasteiger partial charge in [-0.1, -0.05) is 19.6 Å². The normalized spacial score (nSPS) is 35.5. The van der Waals surface area contributed by atoms with E-state index in [9.17, 15) is 0 Å². The molecule has 0 saturated carbocycles. The van der Waals surface area contributed by atoms with Crippen LogP contribution in [-0.2, 0) is 0 Å². The smallest absolute Gasteiger partial charge is 0.111 e. The zero-order chi connectivity index (χ0) is 15.1. The molecule has 0 aromatic rings. The molecule has 0 aromatic heterocycles. The van der Waals surface area contributed by atoms with Crippen molar-refractivity contribution in [1.82, 2.24) is 19.6 Å². The van der Waals surface area contributed by atoms with Crippen LogP contribution in [0.2, 0.25) is 0 Å². The number of rotatable bonds is 1. The Balaban J connectivity index is 2.10. The number of nitrogens with zero attached hydrogens (tertiary/aromatic N) is 4. The van der Waals surface area contributed by atoms with Crippen molar-refractivity contribution in [1.29, 1.82) is 0 Å². The van der Waals surface area contributed by atoms with Crippen LogP contribution in [0.25, 0.3) is 0 Å². The average molecular weight is 284 g/mol. The summed E-state index contributed by atoms with van der Waals surface area (Å²) in [4.78, 5) is 9.30. The maximum absolute atomic E-state index is 3.86. The molecule has 3 aliphatic heterocycles. The summed E-state index contributed by atoms with van der Waals surface area (Å²) >= 11 is 0. The van der Waals surface area contributed by atoms with Crippen LogP contribution in [0.4, 0.5) is 0 Å². The zero-order valence-electron chi connectivity index (χ0n) is 13.3. The maximum atomic E-state index is 3.86. The minimum Gasteiger partial charge on any atom is -0.358 e. The highest BCUT2D eigenvalue weighted by atomic mass is 15.4. The first-order valence-corrected chi connectivity index (χ1v) is 7.43. The van der Waals surface area contributed by atoms with Crippen molar-refractivity contribution in [2.75, 3.05) is 14.1 Å². The molecule has 21 heavy (non-hydrogen) atoms. The minimum atomic E-state index is 0.315. The third-order valence-corrected chi connectivity index (χ3v) is 4.62. The third kappa shape index (κ3) is 2.06. The van der Waals surface area contributed by atoms with Gasteiger partial charge in [-0.15, -0.1) is 0 Å². The van der Waals surface area contributed by atoms with Crippen molar-refractivity contribution in [2.45, 2.75) is 26.2 Å². The van der Waals surface area contributed by atoms with Crippen molar-refractivity contribution >= 4 is 0 Å². The highest BCUT2D eigenvalue weighted by Gasteiger charge is 2.41. The van der Waals surface area contributed by atoms with E-state index in [0.29, 0.717) is 18.2 Å².